The van der Waals surface area contributed by atoms with Crippen molar-refractivity contribution in [3.8, 4) is 0 Å². The molecule has 0 heterocycles. The van der Waals surface area contributed by atoms with Crippen molar-refractivity contribution in [3.05, 3.63) is 36.5 Å². The minimum atomic E-state index is -2.45. The molecule has 0 N–H and O–H groups in total. The van der Waals surface area contributed by atoms with E-state index >= 15 is 0 Å². The number of rotatable bonds is 9. The summed E-state index contributed by atoms with van der Waals surface area (Å²) in [5.74, 6) is 0. The quantitative estimate of drug-likeness (QED) is 0.419. The van der Waals surface area contributed by atoms with E-state index in [1.54, 1.807) is 0 Å². The van der Waals surface area contributed by atoms with E-state index in [4.69, 9.17) is 3.07 Å². The molecule has 0 rings (SSSR count). The van der Waals surface area contributed by atoms with Crippen molar-refractivity contribution in [3.63, 3.8) is 0 Å². The molecule has 0 aromatic rings. The predicted molar refractivity (Wildman–Crippen MR) is 80.9 cm³/mol. The second kappa shape index (κ2) is 11.1. The molecular weight excluding hydrogens is 315 g/mol. The van der Waals surface area contributed by atoms with E-state index in [-0.39, 0.29) is 0 Å². The van der Waals surface area contributed by atoms with E-state index in [9.17, 15) is 0 Å². The van der Waals surface area contributed by atoms with Gasteiger partial charge in [-0.05, 0) is 0 Å². The van der Waals surface area contributed by atoms with E-state index in [2.05, 4.69) is 64.2 Å². The Morgan fingerprint density at radius 3 is 1.53 bits per heavy atom. The van der Waals surface area contributed by atoms with Gasteiger partial charge in [-0.2, -0.15) is 0 Å². The molecule has 0 saturated heterocycles. The zero-order valence-corrected chi connectivity index (χ0v) is 14.8. The van der Waals surface area contributed by atoms with Crippen LogP contribution in [0, 0.1) is 0 Å². The number of hydrogen-bond donors (Lipinski definition) is 0. The van der Waals surface area contributed by atoms with E-state index in [1.165, 1.54) is 13.3 Å². The van der Waals surface area contributed by atoms with Gasteiger partial charge in [-0.3, -0.25) is 0 Å². The minimum absolute atomic E-state index is 0.933. The first-order chi connectivity index (χ1) is 8.24. The Morgan fingerprint density at radius 1 is 0.824 bits per heavy atom. The first kappa shape index (κ1) is 17.0. The molecule has 0 atom stereocenters. The van der Waals surface area contributed by atoms with Gasteiger partial charge in [-0.1, -0.05) is 0 Å². The van der Waals surface area contributed by atoms with Crippen LogP contribution in [-0.2, 0) is 3.07 Å². The van der Waals surface area contributed by atoms with Gasteiger partial charge in [0.1, 0.15) is 0 Å². The van der Waals surface area contributed by atoms with Crippen LogP contribution in [0.15, 0.2) is 36.5 Å². The van der Waals surface area contributed by atoms with Crippen LogP contribution >= 0.6 is 0 Å². The molecule has 0 aliphatic carbocycles. The third-order valence-corrected chi connectivity index (χ3v) is 13.5. The van der Waals surface area contributed by atoms with Crippen molar-refractivity contribution in [1.29, 1.82) is 0 Å². The standard InChI is InChI=1S/3C4H7.C3H7O.Sn/c3*1-3-4-2;1-2-3-4;/h3*3-4H,1H2,2H3;2-3H2,1H3;/q;;;-1;+1. The van der Waals surface area contributed by atoms with E-state index in [0.29, 0.717) is 0 Å². The molecule has 98 valence electrons. The summed E-state index contributed by atoms with van der Waals surface area (Å²) >= 11 is -2.45. The van der Waals surface area contributed by atoms with Crippen LogP contribution < -0.4 is 0 Å². The van der Waals surface area contributed by atoms with Gasteiger partial charge < -0.3 is 0 Å². The Labute approximate surface area is 112 Å². The summed E-state index contributed by atoms with van der Waals surface area (Å²) in [6, 6.07) is 0. The monoisotopic (exact) mass is 344 g/mol. The van der Waals surface area contributed by atoms with Crippen LogP contribution in [0.25, 0.3) is 0 Å². The molecule has 0 aliphatic heterocycles. The Kier molecular flexibility index (Phi) is 11.1. The Hall–Kier alpha value is -0.0213. The zero-order valence-electron chi connectivity index (χ0n) is 11.9. The third-order valence-electron chi connectivity index (χ3n) is 2.79. The maximum atomic E-state index is 6.34. The van der Waals surface area contributed by atoms with E-state index < -0.39 is 18.8 Å². The molecule has 0 unspecified atom stereocenters. The fourth-order valence-corrected chi connectivity index (χ4v) is 11.7. The SMILES string of the molecule is CC=C[CH2][Sn]([CH2]C=CC)([CH2]C=CC)[O]CCC. The second-order valence-electron chi connectivity index (χ2n) is 4.35. The Morgan fingerprint density at radius 2 is 1.24 bits per heavy atom. The summed E-state index contributed by atoms with van der Waals surface area (Å²) in [7, 11) is 0. The molecule has 0 aliphatic rings. The summed E-state index contributed by atoms with van der Waals surface area (Å²) in [6.45, 7) is 9.42. The summed E-state index contributed by atoms with van der Waals surface area (Å²) in [5.41, 5.74) is 0. The first-order valence-corrected chi connectivity index (χ1v) is 13.9. The summed E-state index contributed by atoms with van der Waals surface area (Å²) in [6.07, 6.45) is 14.5. The number of hydrogen-bond acceptors (Lipinski definition) is 1. The predicted octanol–water partition coefficient (Wildman–Crippen LogP) is 5.09. The van der Waals surface area contributed by atoms with Crippen molar-refractivity contribution in [2.45, 2.75) is 47.4 Å². The fourth-order valence-electron chi connectivity index (χ4n) is 1.74. The summed E-state index contributed by atoms with van der Waals surface area (Å²) < 4.78 is 9.92. The molecule has 0 fully saturated rings. The molecule has 0 radical (unpaired) electrons. The normalized spacial score (nSPS) is 16.2. The average molecular weight is 343 g/mol. The van der Waals surface area contributed by atoms with Gasteiger partial charge in [-0.15, -0.1) is 0 Å². The van der Waals surface area contributed by atoms with Crippen molar-refractivity contribution in [1.82, 2.24) is 0 Å². The molecule has 0 saturated carbocycles. The third kappa shape index (κ3) is 7.82. The Bertz CT molecular complexity index is 218. The molecule has 0 bridgehead atoms. The van der Waals surface area contributed by atoms with Crippen LogP contribution in [0.4, 0.5) is 0 Å². The van der Waals surface area contributed by atoms with Gasteiger partial charge >= 0.3 is 112 Å². The van der Waals surface area contributed by atoms with Gasteiger partial charge in [-0.25, -0.2) is 0 Å². The second-order valence-corrected chi connectivity index (χ2v) is 15.4. The molecule has 0 spiro atoms. The van der Waals surface area contributed by atoms with E-state index in [0.717, 1.165) is 13.0 Å². The van der Waals surface area contributed by atoms with Crippen molar-refractivity contribution < 1.29 is 3.07 Å². The van der Waals surface area contributed by atoms with Crippen molar-refractivity contribution >= 4 is 18.8 Å². The van der Waals surface area contributed by atoms with E-state index in [1.807, 2.05) is 0 Å². The van der Waals surface area contributed by atoms with Crippen LogP contribution in [0.3, 0.4) is 0 Å². The van der Waals surface area contributed by atoms with Gasteiger partial charge in [0.05, 0.1) is 0 Å². The molecule has 0 aromatic carbocycles. The maximum absolute atomic E-state index is 6.34. The molecule has 1 nitrogen and oxygen atoms in total. The van der Waals surface area contributed by atoms with Crippen LogP contribution in [0.2, 0.25) is 13.3 Å². The van der Waals surface area contributed by atoms with Crippen molar-refractivity contribution in [2.75, 3.05) is 6.61 Å². The molecule has 17 heavy (non-hydrogen) atoms. The summed E-state index contributed by atoms with van der Waals surface area (Å²) in [5, 5.41) is 0. The fraction of sp³-hybridized carbons (Fsp3) is 0.600. The molecule has 0 aromatic heterocycles. The van der Waals surface area contributed by atoms with Crippen LogP contribution in [0.5, 0.6) is 0 Å². The first-order valence-electron chi connectivity index (χ1n) is 6.72. The molecule has 0 amide bonds. The Balaban J connectivity index is 4.74. The van der Waals surface area contributed by atoms with Crippen LogP contribution in [0.1, 0.15) is 34.1 Å². The van der Waals surface area contributed by atoms with Gasteiger partial charge in [0, 0.05) is 0 Å². The average Bonchev–Trinajstić information content (AvgIpc) is 2.37. The van der Waals surface area contributed by atoms with Gasteiger partial charge in [0.25, 0.3) is 0 Å². The zero-order chi connectivity index (χ0) is 13.0. The topological polar surface area (TPSA) is 9.23 Å². The summed E-state index contributed by atoms with van der Waals surface area (Å²) in [4.78, 5) is 0. The van der Waals surface area contributed by atoms with Gasteiger partial charge in [0.15, 0.2) is 0 Å². The van der Waals surface area contributed by atoms with Crippen LogP contribution in [-0.4, -0.2) is 25.4 Å². The number of allylic oxidation sites excluding steroid dienone is 6. The molecule has 2 heteroatoms. The van der Waals surface area contributed by atoms with Gasteiger partial charge in [0.2, 0.25) is 0 Å². The molecular formula is C15H28OSn. The van der Waals surface area contributed by atoms with Crippen molar-refractivity contribution in [2.24, 2.45) is 0 Å².